The summed E-state index contributed by atoms with van der Waals surface area (Å²) in [5, 5.41) is 9.73. The summed E-state index contributed by atoms with van der Waals surface area (Å²) in [6, 6.07) is 6.13. The van der Waals surface area contributed by atoms with Crippen LogP contribution in [0.4, 0.5) is 5.88 Å². The van der Waals surface area contributed by atoms with Crippen molar-refractivity contribution in [2.45, 2.75) is 0 Å². The van der Waals surface area contributed by atoms with Crippen molar-refractivity contribution < 1.29 is 9.52 Å². The molecule has 0 saturated carbocycles. The standard InChI is InChI=1S/C11H11NO3/c1-12(2)10-6-8(14)11-7(13)4-3-5-9(11)15-10/h3-6,13H,1-2H3. The predicted octanol–water partition coefficient (Wildman–Crippen LogP) is 1.56. The second-order valence-corrected chi connectivity index (χ2v) is 3.49. The van der Waals surface area contributed by atoms with Crippen molar-refractivity contribution in [3.63, 3.8) is 0 Å². The Morgan fingerprint density at radius 1 is 1.33 bits per heavy atom. The Kier molecular flexibility index (Phi) is 2.11. The van der Waals surface area contributed by atoms with E-state index in [1.54, 1.807) is 31.1 Å². The molecule has 0 spiro atoms. The van der Waals surface area contributed by atoms with E-state index in [9.17, 15) is 9.90 Å². The number of hydrogen-bond donors (Lipinski definition) is 1. The molecule has 0 unspecified atom stereocenters. The van der Waals surface area contributed by atoms with Crippen LogP contribution in [0, 0.1) is 0 Å². The molecule has 15 heavy (non-hydrogen) atoms. The molecular weight excluding hydrogens is 194 g/mol. The summed E-state index contributed by atoms with van der Waals surface area (Å²) in [5.41, 5.74) is 0.157. The number of rotatable bonds is 1. The molecule has 0 aliphatic rings. The Morgan fingerprint density at radius 3 is 2.73 bits per heavy atom. The fourth-order valence-electron chi connectivity index (χ4n) is 1.40. The lowest BCUT2D eigenvalue weighted by Gasteiger charge is -2.10. The first-order chi connectivity index (χ1) is 7.09. The second-order valence-electron chi connectivity index (χ2n) is 3.49. The van der Waals surface area contributed by atoms with Crippen LogP contribution in [0.3, 0.4) is 0 Å². The van der Waals surface area contributed by atoms with Gasteiger partial charge in [0.25, 0.3) is 0 Å². The highest BCUT2D eigenvalue weighted by atomic mass is 16.4. The molecule has 1 N–H and O–H groups in total. The molecule has 4 heteroatoms. The van der Waals surface area contributed by atoms with Gasteiger partial charge >= 0.3 is 0 Å². The molecule has 1 aromatic carbocycles. The Hall–Kier alpha value is -1.97. The quantitative estimate of drug-likeness (QED) is 0.767. The van der Waals surface area contributed by atoms with E-state index in [-0.39, 0.29) is 16.6 Å². The van der Waals surface area contributed by atoms with Crippen molar-refractivity contribution in [1.29, 1.82) is 0 Å². The van der Waals surface area contributed by atoms with Crippen molar-refractivity contribution in [2.75, 3.05) is 19.0 Å². The molecule has 4 nitrogen and oxygen atoms in total. The number of aromatic hydroxyl groups is 1. The van der Waals surface area contributed by atoms with E-state index in [2.05, 4.69) is 0 Å². The Labute approximate surface area is 86.4 Å². The van der Waals surface area contributed by atoms with Gasteiger partial charge in [-0.25, -0.2) is 0 Å². The van der Waals surface area contributed by atoms with Crippen LogP contribution in [0.15, 0.2) is 33.5 Å². The minimum Gasteiger partial charge on any atom is -0.507 e. The molecular formula is C11H11NO3. The van der Waals surface area contributed by atoms with Gasteiger partial charge in [0.15, 0.2) is 11.3 Å². The number of nitrogens with zero attached hydrogens (tertiary/aromatic N) is 1. The Balaban J connectivity index is 2.85. The van der Waals surface area contributed by atoms with Crippen molar-refractivity contribution in [1.82, 2.24) is 0 Å². The predicted molar refractivity (Wildman–Crippen MR) is 58.5 cm³/mol. The topological polar surface area (TPSA) is 53.7 Å². The van der Waals surface area contributed by atoms with E-state index in [1.165, 1.54) is 12.1 Å². The van der Waals surface area contributed by atoms with Gasteiger partial charge in [-0.3, -0.25) is 4.79 Å². The van der Waals surface area contributed by atoms with Gasteiger partial charge in [-0.2, -0.15) is 0 Å². The van der Waals surface area contributed by atoms with Crippen molar-refractivity contribution in [3.05, 3.63) is 34.5 Å². The smallest absolute Gasteiger partial charge is 0.199 e. The summed E-state index contributed by atoms with van der Waals surface area (Å²) in [6.45, 7) is 0. The second kappa shape index (κ2) is 3.31. The van der Waals surface area contributed by atoms with E-state index in [4.69, 9.17) is 4.42 Å². The maximum Gasteiger partial charge on any atom is 0.199 e. The highest BCUT2D eigenvalue weighted by Crippen LogP contribution is 2.23. The fourth-order valence-corrected chi connectivity index (χ4v) is 1.40. The maximum absolute atomic E-state index is 11.7. The molecule has 0 radical (unpaired) electrons. The van der Waals surface area contributed by atoms with Gasteiger partial charge in [0.1, 0.15) is 16.7 Å². The van der Waals surface area contributed by atoms with Gasteiger partial charge in [0.05, 0.1) is 0 Å². The van der Waals surface area contributed by atoms with Gasteiger partial charge in [-0.05, 0) is 12.1 Å². The van der Waals surface area contributed by atoms with Crippen molar-refractivity contribution >= 4 is 16.9 Å². The van der Waals surface area contributed by atoms with Crippen LogP contribution in [0.5, 0.6) is 5.75 Å². The van der Waals surface area contributed by atoms with E-state index >= 15 is 0 Å². The summed E-state index contributed by atoms with van der Waals surface area (Å²) < 4.78 is 5.45. The summed E-state index contributed by atoms with van der Waals surface area (Å²) >= 11 is 0. The number of phenolic OH excluding ortho intramolecular Hbond substituents is 1. The normalized spacial score (nSPS) is 10.5. The molecule has 0 bridgehead atoms. The number of fused-ring (bicyclic) bond motifs is 1. The Bertz CT molecular complexity index is 557. The van der Waals surface area contributed by atoms with Crippen LogP contribution in [-0.2, 0) is 0 Å². The van der Waals surface area contributed by atoms with Crippen LogP contribution >= 0.6 is 0 Å². The lowest BCUT2D eigenvalue weighted by atomic mass is 10.2. The van der Waals surface area contributed by atoms with E-state index in [0.29, 0.717) is 11.5 Å². The van der Waals surface area contributed by atoms with Crippen LogP contribution < -0.4 is 10.3 Å². The first-order valence-electron chi connectivity index (χ1n) is 4.53. The number of anilines is 1. The zero-order chi connectivity index (χ0) is 11.0. The molecule has 0 amide bonds. The minimum atomic E-state index is -0.238. The zero-order valence-electron chi connectivity index (χ0n) is 8.52. The number of benzene rings is 1. The highest BCUT2D eigenvalue weighted by molar-refractivity contribution is 5.83. The third-order valence-electron chi connectivity index (χ3n) is 2.16. The van der Waals surface area contributed by atoms with Crippen LogP contribution in [0.1, 0.15) is 0 Å². The zero-order valence-corrected chi connectivity index (χ0v) is 8.52. The highest BCUT2D eigenvalue weighted by Gasteiger charge is 2.08. The van der Waals surface area contributed by atoms with Crippen LogP contribution in [-0.4, -0.2) is 19.2 Å². The first kappa shape index (κ1) is 9.58. The van der Waals surface area contributed by atoms with Crippen LogP contribution in [0.25, 0.3) is 11.0 Å². The molecule has 1 heterocycles. The van der Waals surface area contributed by atoms with Gasteiger partial charge in [0.2, 0.25) is 0 Å². The van der Waals surface area contributed by atoms with E-state index < -0.39 is 0 Å². The van der Waals surface area contributed by atoms with Crippen LogP contribution in [0.2, 0.25) is 0 Å². The molecule has 0 aliphatic carbocycles. The largest absolute Gasteiger partial charge is 0.507 e. The molecule has 1 aromatic heterocycles. The number of hydrogen-bond acceptors (Lipinski definition) is 4. The lowest BCUT2D eigenvalue weighted by molar-refractivity contribution is 0.479. The molecule has 0 saturated heterocycles. The molecule has 0 fully saturated rings. The summed E-state index contributed by atoms with van der Waals surface area (Å²) in [7, 11) is 3.57. The molecule has 78 valence electrons. The maximum atomic E-state index is 11.7. The first-order valence-corrected chi connectivity index (χ1v) is 4.53. The molecule has 0 aliphatic heterocycles. The summed E-state index contributed by atoms with van der Waals surface area (Å²) in [4.78, 5) is 13.4. The minimum absolute atomic E-state index is 0.0495. The third kappa shape index (κ3) is 1.54. The Morgan fingerprint density at radius 2 is 2.07 bits per heavy atom. The van der Waals surface area contributed by atoms with Gasteiger partial charge in [-0.15, -0.1) is 0 Å². The fraction of sp³-hybridized carbons (Fsp3) is 0.182. The monoisotopic (exact) mass is 205 g/mol. The third-order valence-corrected chi connectivity index (χ3v) is 2.16. The van der Waals surface area contributed by atoms with Gasteiger partial charge < -0.3 is 14.4 Å². The lowest BCUT2D eigenvalue weighted by Crippen LogP contribution is -2.12. The molecule has 2 aromatic rings. The van der Waals surface area contributed by atoms with Crippen molar-refractivity contribution in [2.24, 2.45) is 0 Å². The van der Waals surface area contributed by atoms with Crippen molar-refractivity contribution in [3.8, 4) is 5.75 Å². The van der Waals surface area contributed by atoms with E-state index in [0.717, 1.165) is 0 Å². The molecule has 2 rings (SSSR count). The average molecular weight is 205 g/mol. The average Bonchev–Trinajstić information content (AvgIpc) is 2.17. The van der Waals surface area contributed by atoms with Gasteiger partial charge in [0, 0.05) is 20.2 Å². The summed E-state index contributed by atoms with van der Waals surface area (Å²) in [5.74, 6) is 0.421. The molecule has 0 atom stereocenters. The van der Waals surface area contributed by atoms with E-state index in [1.807, 2.05) is 0 Å². The number of phenols is 1. The summed E-state index contributed by atoms with van der Waals surface area (Å²) in [6.07, 6.45) is 0. The van der Waals surface area contributed by atoms with Gasteiger partial charge in [-0.1, -0.05) is 6.07 Å². The SMILES string of the molecule is CN(C)c1cc(=O)c2c(O)cccc2o1.